The molecule has 0 aromatic carbocycles. The second kappa shape index (κ2) is 2.38. The fourth-order valence-corrected chi connectivity index (χ4v) is 1.70. The van der Waals surface area contributed by atoms with Gasteiger partial charge in [-0.3, -0.25) is 4.90 Å². The first-order valence-corrected chi connectivity index (χ1v) is 4.14. The molecule has 2 heteroatoms. The molecule has 2 rings (SSSR count). The molecular weight excluding hydrogens is 136 g/mol. The van der Waals surface area contributed by atoms with Gasteiger partial charge in [0.2, 0.25) is 0 Å². The molecule has 1 aromatic heterocycles. The molecule has 0 fully saturated rings. The van der Waals surface area contributed by atoms with Crippen LogP contribution in [0.1, 0.15) is 18.7 Å². The summed E-state index contributed by atoms with van der Waals surface area (Å²) in [5, 5.41) is 0. The number of rotatable bonds is 0. The topological polar surface area (TPSA) is 8.17 Å². The first-order valence-electron chi connectivity index (χ1n) is 4.14. The summed E-state index contributed by atoms with van der Waals surface area (Å²) < 4.78 is 2.34. The van der Waals surface area contributed by atoms with Gasteiger partial charge in [-0.25, -0.2) is 0 Å². The number of aromatic nitrogens is 1. The summed E-state index contributed by atoms with van der Waals surface area (Å²) in [7, 11) is 2.18. The third kappa shape index (κ3) is 0.979. The summed E-state index contributed by atoms with van der Waals surface area (Å²) in [6.07, 6.45) is 2.17. The van der Waals surface area contributed by atoms with Crippen LogP contribution in [0.4, 0.5) is 0 Å². The highest BCUT2D eigenvalue weighted by atomic mass is 15.2. The number of hydrogen-bond donors (Lipinski definition) is 0. The predicted octanol–water partition coefficient (Wildman–Crippen LogP) is 1.49. The van der Waals surface area contributed by atoms with E-state index in [-0.39, 0.29) is 0 Å². The maximum Gasteiger partial charge on any atom is 0.0469 e. The lowest BCUT2D eigenvalue weighted by Gasteiger charge is -2.31. The maximum atomic E-state index is 2.38. The van der Waals surface area contributed by atoms with E-state index in [2.05, 4.69) is 41.8 Å². The van der Waals surface area contributed by atoms with Crippen LogP contribution in [-0.4, -0.2) is 23.1 Å². The van der Waals surface area contributed by atoms with Crippen molar-refractivity contribution in [2.45, 2.75) is 19.5 Å². The number of nitrogens with zero attached hydrogens (tertiary/aromatic N) is 2. The van der Waals surface area contributed by atoms with Crippen LogP contribution in [-0.2, 0) is 6.54 Å². The van der Waals surface area contributed by atoms with E-state index in [9.17, 15) is 0 Å². The Hall–Kier alpha value is -0.760. The number of likely N-dealkylation sites (N-methyl/N-ethyl adjacent to an activating group) is 1. The Morgan fingerprint density at radius 3 is 3.09 bits per heavy atom. The van der Waals surface area contributed by atoms with Crippen LogP contribution >= 0.6 is 0 Å². The van der Waals surface area contributed by atoms with Gasteiger partial charge in [0.05, 0.1) is 0 Å². The van der Waals surface area contributed by atoms with Crippen molar-refractivity contribution in [3.05, 3.63) is 24.0 Å². The Morgan fingerprint density at radius 2 is 2.27 bits per heavy atom. The average molecular weight is 150 g/mol. The van der Waals surface area contributed by atoms with Crippen molar-refractivity contribution in [3.8, 4) is 0 Å². The molecule has 60 valence electrons. The lowest BCUT2D eigenvalue weighted by atomic mass is 10.2. The molecule has 0 aliphatic carbocycles. The maximum absolute atomic E-state index is 2.38. The van der Waals surface area contributed by atoms with Gasteiger partial charge in [0.15, 0.2) is 0 Å². The van der Waals surface area contributed by atoms with Crippen LogP contribution in [0.15, 0.2) is 18.3 Å². The normalized spacial score (nSPS) is 25.1. The Labute approximate surface area is 67.4 Å². The summed E-state index contributed by atoms with van der Waals surface area (Å²) in [4.78, 5) is 2.38. The first-order chi connectivity index (χ1) is 5.29. The van der Waals surface area contributed by atoms with E-state index in [4.69, 9.17) is 0 Å². The van der Waals surface area contributed by atoms with Gasteiger partial charge in [-0.05, 0) is 26.1 Å². The first kappa shape index (κ1) is 6.92. The fraction of sp³-hybridized carbons (Fsp3) is 0.556. The van der Waals surface area contributed by atoms with Crippen LogP contribution < -0.4 is 0 Å². The van der Waals surface area contributed by atoms with Gasteiger partial charge < -0.3 is 4.57 Å². The van der Waals surface area contributed by atoms with Gasteiger partial charge in [-0.2, -0.15) is 0 Å². The van der Waals surface area contributed by atoms with Crippen LogP contribution in [0.2, 0.25) is 0 Å². The molecule has 1 unspecified atom stereocenters. The zero-order valence-corrected chi connectivity index (χ0v) is 7.12. The minimum absolute atomic E-state index is 0.582. The number of hydrogen-bond acceptors (Lipinski definition) is 1. The Balaban J connectivity index is 2.38. The van der Waals surface area contributed by atoms with E-state index >= 15 is 0 Å². The van der Waals surface area contributed by atoms with Crippen molar-refractivity contribution in [1.82, 2.24) is 9.47 Å². The Bertz CT molecular complexity index is 252. The van der Waals surface area contributed by atoms with Crippen molar-refractivity contribution >= 4 is 0 Å². The standard InChI is InChI=1S/C9H14N2/c1-8-9-4-3-5-11(9)7-6-10(8)2/h3-5,8H,6-7H2,1-2H3. The summed E-state index contributed by atoms with van der Waals surface area (Å²) in [5.41, 5.74) is 1.44. The summed E-state index contributed by atoms with van der Waals surface area (Å²) in [6.45, 7) is 4.57. The summed E-state index contributed by atoms with van der Waals surface area (Å²) >= 11 is 0. The molecule has 0 amide bonds. The van der Waals surface area contributed by atoms with Gasteiger partial charge in [0.1, 0.15) is 0 Å². The SMILES string of the molecule is CC1c2cccn2CCN1C. The van der Waals surface area contributed by atoms with Gasteiger partial charge in [0, 0.05) is 31.0 Å². The minimum atomic E-state index is 0.582. The Morgan fingerprint density at radius 1 is 1.45 bits per heavy atom. The second-order valence-electron chi connectivity index (χ2n) is 3.28. The van der Waals surface area contributed by atoms with Crippen molar-refractivity contribution in [2.24, 2.45) is 0 Å². The molecule has 0 N–H and O–H groups in total. The van der Waals surface area contributed by atoms with Crippen molar-refractivity contribution in [2.75, 3.05) is 13.6 Å². The molecule has 11 heavy (non-hydrogen) atoms. The third-order valence-corrected chi connectivity index (χ3v) is 2.65. The number of fused-ring (bicyclic) bond motifs is 1. The van der Waals surface area contributed by atoms with Crippen LogP contribution in [0.25, 0.3) is 0 Å². The van der Waals surface area contributed by atoms with Crippen LogP contribution in [0, 0.1) is 0 Å². The van der Waals surface area contributed by atoms with Gasteiger partial charge in [-0.15, -0.1) is 0 Å². The Kier molecular flexibility index (Phi) is 1.50. The highest BCUT2D eigenvalue weighted by Gasteiger charge is 2.19. The van der Waals surface area contributed by atoms with Gasteiger partial charge in [0.25, 0.3) is 0 Å². The molecule has 2 nitrogen and oxygen atoms in total. The molecule has 1 aliphatic heterocycles. The van der Waals surface area contributed by atoms with Crippen molar-refractivity contribution < 1.29 is 0 Å². The molecule has 2 heterocycles. The molecule has 1 atom stereocenters. The summed E-state index contributed by atoms with van der Waals surface area (Å²) in [5.74, 6) is 0. The molecular formula is C9H14N2. The monoisotopic (exact) mass is 150 g/mol. The summed E-state index contributed by atoms with van der Waals surface area (Å²) in [6, 6.07) is 4.92. The predicted molar refractivity (Wildman–Crippen MR) is 45.5 cm³/mol. The molecule has 1 aromatic rings. The van der Waals surface area contributed by atoms with E-state index in [1.807, 2.05) is 0 Å². The van der Waals surface area contributed by atoms with E-state index in [0.29, 0.717) is 6.04 Å². The molecule has 0 saturated carbocycles. The molecule has 0 spiro atoms. The van der Waals surface area contributed by atoms with Crippen LogP contribution in [0.5, 0.6) is 0 Å². The molecule has 0 saturated heterocycles. The van der Waals surface area contributed by atoms with E-state index in [1.54, 1.807) is 0 Å². The fourth-order valence-electron chi connectivity index (χ4n) is 1.70. The van der Waals surface area contributed by atoms with E-state index in [1.165, 1.54) is 12.2 Å². The highest BCUT2D eigenvalue weighted by molar-refractivity contribution is 5.13. The average Bonchev–Trinajstić information content (AvgIpc) is 2.45. The smallest absolute Gasteiger partial charge is 0.0469 e. The van der Waals surface area contributed by atoms with Gasteiger partial charge >= 0.3 is 0 Å². The minimum Gasteiger partial charge on any atom is -0.349 e. The zero-order chi connectivity index (χ0) is 7.84. The van der Waals surface area contributed by atoms with Crippen molar-refractivity contribution in [1.29, 1.82) is 0 Å². The second-order valence-corrected chi connectivity index (χ2v) is 3.28. The third-order valence-electron chi connectivity index (χ3n) is 2.65. The largest absolute Gasteiger partial charge is 0.349 e. The van der Waals surface area contributed by atoms with E-state index in [0.717, 1.165) is 6.54 Å². The highest BCUT2D eigenvalue weighted by Crippen LogP contribution is 2.22. The van der Waals surface area contributed by atoms with Crippen LogP contribution in [0.3, 0.4) is 0 Å². The van der Waals surface area contributed by atoms with E-state index < -0.39 is 0 Å². The molecule has 1 aliphatic rings. The van der Waals surface area contributed by atoms with Gasteiger partial charge in [-0.1, -0.05) is 0 Å². The molecule has 0 bridgehead atoms. The lowest BCUT2D eigenvalue weighted by Crippen LogP contribution is -2.33. The van der Waals surface area contributed by atoms with Crippen molar-refractivity contribution in [3.63, 3.8) is 0 Å². The quantitative estimate of drug-likeness (QED) is 0.544. The lowest BCUT2D eigenvalue weighted by molar-refractivity contribution is 0.211. The molecule has 0 radical (unpaired) electrons. The zero-order valence-electron chi connectivity index (χ0n) is 7.12.